The Hall–Kier alpha value is -3.31. The number of carbonyl (C=O) groups excluding carboxylic acids is 2. The summed E-state index contributed by atoms with van der Waals surface area (Å²) in [5.74, 6) is -0.0834. The zero-order valence-electron chi connectivity index (χ0n) is 16.3. The van der Waals surface area contributed by atoms with Crippen LogP contribution in [-0.2, 0) is 6.42 Å². The van der Waals surface area contributed by atoms with Crippen LogP contribution in [0.15, 0.2) is 85.2 Å². The number of pyridine rings is 1. The molecule has 0 aliphatic carbocycles. The summed E-state index contributed by atoms with van der Waals surface area (Å²) in [5.41, 5.74) is 2.43. The molecule has 29 heavy (non-hydrogen) atoms. The van der Waals surface area contributed by atoms with Crippen LogP contribution in [0.2, 0.25) is 0 Å². The normalized spacial score (nSPS) is 11.6. The quantitative estimate of drug-likeness (QED) is 0.524. The minimum Gasteiger partial charge on any atom is -0.352 e. The van der Waals surface area contributed by atoms with E-state index in [-0.39, 0.29) is 24.3 Å². The molecule has 0 saturated carbocycles. The van der Waals surface area contributed by atoms with Crippen LogP contribution in [0.3, 0.4) is 0 Å². The summed E-state index contributed by atoms with van der Waals surface area (Å²) >= 11 is 0. The summed E-state index contributed by atoms with van der Waals surface area (Å²) < 4.78 is 0. The van der Waals surface area contributed by atoms with E-state index in [0.717, 1.165) is 6.42 Å². The van der Waals surface area contributed by atoms with Crippen LogP contribution in [0.4, 0.5) is 0 Å². The number of nitrogens with one attached hydrogen (secondary N) is 2. The van der Waals surface area contributed by atoms with Crippen molar-refractivity contribution in [2.75, 3.05) is 13.1 Å². The Labute approximate surface area is 171 Å². The van der Waals surface area contributed by atoms with Gasteiger partial charge in [-0.1, -0.05) is 60.7 Å². The molecule has 1 aromatic heterocycles. The maximum atomic E-state index is 12.4. The van der Waals surface area contributed by atoms with Gasteiger partial charge < -0.3 is 10.6 Å². The molecule has 1 atom stereocenters. The molecular weight excluding hydrogens is 362 g/mol. The lowest BCUT2D eigenvalue weighted by Gasteiger charge is -2.19. The fourth-order valence-corrected chi connectivity index (χ4v) is 3.10. The van der Waals surface area contributed by atoms with Gasteiger partial charge in [-0.2, -0.15) is 0 Å². The molecule has 2 N–H and O–H groups in total. The number of carbonyl (C=O) groups is 2. The monoisotopic (exact) mass is 387 g/mol. The van der Waals surface area contributed by atoms with Gasteiger partial charge in [-0.25, -0.2) is 0 Å². The molecule has 0 aliphatic rings. The van der Waals surface area contributed by atoms with Crippen molar-refractivity contribution < 1.29 is 9.59 Å². The molecule has 0 saturated heterocycles. The highest BCUT2D eigenvalue weighted by Crippen LogP contribution is 2.07. The Morgan fingerprint density at radius 1 is 0.862 bits per heavy atom. The fraction of sp³-hybridized carbons (Fsp3) is 0.208. The fourth-order valence-electron chi connectivity index (χ4n) is 3.10. The molecule has 148 valence electrons. The van der Waals surface area contributed by atoms with E-state index in [1.165, 1.54) is 5.56 Å². The third-order valence-electron chi connectivity index (χ3n) is 4.67. The molecule has 0 radical (unpaired) electrons. The molecule has 0 aliphatic heterocycles. The standard InChI is InChI=1S/C24H25N3O2/c28-23(20-10-5-2-6-11-20)18-27-22(16-19-8-3-1-4-9-19)13-15-26-24(29)21-12-7-14-25-17-21/h1-12,14,17,22,27H,13,15-16,18H2,(H,26,29)/t22-/m1/s1. The van der Waals surface area contributed by atoms with Crippen molar-refractivity contribution in [3.8, 4) is 0 Å². The number of hydrogen-bond acceptors (Lipinski definition) is 4. The van der Waals surface area contributed by atoms with E-state index in [2.05, 4.69) is 27.8 Å². The lowest BCUT2D eigenvalue weighted by atomic mass is 10.0. The summed E-state index contributed by atoms with van der Waals surface area (Å²) in [4.78, 5) is 28.6. The van der Waals surface area contributed by atoms with Gasteiger partial charge >= 0.3 is 0 Å². The maximum absolute atomic E-state index is 12.4. The molecule has 1 amide bonds. The van der Waals surface area contributed by atoms with Gasteiger partial charge in [0.2, 0.25) is 0 Å². The first-order chi connectivity index (χ1) is 14.2. The van der Waals surface area contributed by atoms with Gasteiger partial charge in [-0.05, 0) is 30.5 Å². The Bertz CT molecular complexity index is 899. The van der Waals surface area contributed by atoms with E-state index < -0.39 is 0 Å². The molecule has 0 spiro atoms. The molecule has 0 bridgehead atoms. The zero-order chi connectivity index (χ0) is 20.3. The average molecular weight is 387 g/mol. The lowest BCUT2D eigenvalue weighted by molar-refractivity contribution is 0.0946. The number of Topliss-reactive ketones (excluding diaryl/α,β-unsaturated/α-hetero) is 1. The van der Waals surface area contributed by atoms with Gasteiger partial charge in [0.05, 0.1) is 12.1 Å². The Morgan fingerprint density at radius 3 is 2.24 bits per heavy atom. The molecule has 1 heterocycles. The van der Waals surface area contributed by atoms with E-state index in [4.69, 9.17) is 0 Å². The van der Waals surface area contributed by atoms with E-state index in [1.807, 2.05) is 48.5 Å². The first-order valence-corrected chi connectivity index (χ1v) is 9.76. The van der Waals surface area contributed by atoms with Crippen LogP contribution in [-0.4, -0.2) is 35.8 Å². The zero-order valence-corrected chi connectivity index (χ0v) is 16.3. The minimum atomic E-state index is -0.142. The van der Waals surface area contributed by atoms with Crippen molar-refractivity contribution in [1.82, 2.24) is 15.6 Å². The van der Waals surface area contributed by atoms with Crippen molar-refractivity contribution in [2.24, 2.45) is 0 Å². The predicted molar refractivity (Wildman–Crippen MR) is 114 cm³/mol. The van der Waals surface area contributed by atoms with Gasteiger partial charge in [0.25, 0.3) is 5.91 Å². The van der Waals surface area contributed by atoms with E-state index in [0.29, 0.717) is 24.1 Å². The molecular formula is C24H25N3O2. The number of amides is 1. The number of benzene rings is 2. The SMILES string of the molecule is O=C(CN[C@H](CCNC(=O)c1cccnc1)Cc1ccccc1)c1ccccc1. The largest absolute Gasteiger partial charge is 0.352 e. The highest BCUT2D eigenvalue weighted by molar-refractivity contribution is 5.97. The number of ketones is 1. The molecule has 0 fully saturated rings. The number of hydrogen-bond donors (Lipinski definition) is 2. The predicted octanol–water partition coefficient (Wildman–Crippen LogP) is 3.29. The van der Waals surface area contributed by atoms with Gasteiger partial charge in [0.15, 0.2) is 5.78 Å². The van der Waals surface area contributed by atoms with Gasteiger partial charge in [-0.15, -0.1) is 0 Å². The van der Waals surface area contributed by atoms with Crippen LogP contribution in [0.1, 0.15) is 32.7 Å². The van der Waals surface area contributed by atoms with E-state index in [9.17, 15) is 9.59 Å². The second-order valence-corrected chi connectivity index (χ2v) is 6.84. The van der Waals surface area contributed by atoms with Gasteiger partial charge in [-0.3, -0.25) is 14.6 Å². The molecule has 2 aromatic carbocycles. The third kappa shape index (κ3) is 6.66. The lowest BCUT2D eigenvalue weighted by Crippen LogP contribution is -2.38. The topological polar surface area (TPSA) is 71.1 Å². The van der Waals surface area contributed by atoms with E-state index in [1.54, 1.807) is 24.5 Å². The van der Waals surface area contributed by atoms with Crippen molar-refractivity contribution in [3.05, 3.63) is 102 Å². The smallest absolute Gasteiger partial charge is 0.252 e. The Balaban J connectivity index is 1.55. The summed E-state index contributed by atoms with van der Waals surface area (Å²) in [6.45, 7) is 0.774. The molecule has 5 nitrogen and oxygen atoms in total. The van der Waals surface area contributed by atoms with Gasteiger partial charge in [0.1, 0.15) is 0 Å². The number of nitrogens with zero attached hydrogens (tertiary/aromatic N) is 1. The van der Waals surface area contributed by atoms with Crippen molar-refractivity contribution >= 4 is 11.7 Å². The Kier molecular flexibility index (Phi) is 7.66. The molecule has 0 unspecified atom stereocenters. The maximum Gasteiger partial charge on any atom is 0.252 e. The number of aromatic nitrogens is 1. The van der Waals surface area contributed by atoms with E-state index >= 15 is 0 Å². The highest BCUT2D eigenvalue weighted by atomic mass is 16.1. The number of rotatable bonds is 10. The van der Waals surface area contributed by atoms with Crippen LogP contribution in [0.25, 0.3) is 0 Å². The van der Waals surface area contributed by atoms with Gasteiger partial charge in [0, 0.05) is 30.5 Å². The second kappa shape index (κ2) is 10.9. The summed E-state index contributed by atoms with van der Waals surface area (Å²) in [6.07, 6.45) is 4.68. The molecule has 3 rings (SSSR count). The first kappa shape index (κ1) is 20.4. The second-order valence-electron chi connectivity index (χ2n) is 6.84. The van der Waals surface area contributed by atoms with Crippen molar-refractivity contribution in [1.29, 1.82) is 0 Å². The third-order valence-corrected chi connectivity index (χ3v) is 4.67. The van der Waals surface area contributed by atoms with Crippen molar-refractivity contribution in [3.63, 3.8) is 0 Å². The van der Waals surface area contributed by atoms with Crippen LogP contribution in [0, 0.1) is 0 Å². The van der Waals surface area contributed by atoms with Crippen LogP contribution in [0.5, 0.6) is 0 Å². The first-order valence-electron chi connectivity index (χ1n) is 9.76. The van der Waals surface area contributed by atoms with Crippen molar-refractivity contribution in [2.45, 2.75) is 18.9 Å². The summed E-state index contributed by atoms with van der Waals surface area (Å²) in [5, 5.41) is 6.30. The Morgan fingerprint density at radius 2 is 1.55 bits per heavy atom. The molecule has 5 heteroatoms. The highest BCUT2D eigenvalue weighted by Gasteiger charge is 2.13. The van der Waals surface area contributed by atoms with Crippen LogP contribution >= 0.6 is 0 Å². The summed E-state index contributed by atoms with van der Waals surface area (Å²) in [6, 6.07) is 23.0. The molecule has 3 aromatic rings. The average Bonchev–Trinajstić information content (AvgIpc) is 2.79. The summed E-state index contributed by atoms with van der Waals surface area (Å²) in [7, 11) is 0. The van der Waals surface area contributed by atoms with Crippen LogP contribution < -0.4 is 10.6 Å². The minimum absolute atomic E-state index is 0.0584.